The van der Waals surface area contributed by atoms with Gasteiger partial charge in [-0.25, -0.2) is 0 Å². The second-order valence-electron chi connectivity index (χ2n) is 2.09. The van der Waals surface area contributed by atoms with Crippen LogP contribution in [0.4, 0.5) is 0 Å². The Bertz CT molecular complexity index is 208. The molecule has 1 aromatic rings. The molecule has 1 aromatic heterocycles. The van der Waals surface area contributed by atoms with Gasteiger partial charge in [0.1, 0.15) is 0 Å². The first-order valence-corrected chi connectivity index (χ1v) is 3.10. The monoisotopic (exact) mass is 121 g/mol. The zero-order valence-corrected chi connectivity index (χ0v) is 5.81. The minimum atomic E-state index is 1.28. The minimum Gasteiger partial charge on any atom is -0.367 e. The van der Waals surface area contributed by atoms with Crippen molar-refractivity contribution in [3.05, 3.63) is 29.6 Å². The Balaban J connectivity index is 2.94. The zero-order valence-electron chi connectivity index (χ0n) is 5.81. The fourth-order valence-corrected chi connectivity index (χ4v) is 0.813. The van der Waals surface area contributed by atoms with Gasteiger partial charge in [-0.2, -0.15) is 0 Å². The summed E-state index contributed by atoms with van der Waals surface area (Å²) in [5.74, 6) is 0. The molecule has 0 radical (unpaired) electrons. The molecule has 0 bridgehead atoms. The van der Waals surface area contributed by atoms with E-state index in [1.165, 1.54) is 11.1 Å². The van der Waals surface area contributed by atoms with Crippen LogP contribution in [0.5, 0.6) is 0 Å². The molecule has 0 aromatic carbocycles. The quantitative estimate of drug-likeness (QED) is 0.587. The maximum atomic E-state index is 3.03. The van der Waals surface area contributed by atoms with Crippen LogP contribution < -0.4 is 0 Å². The Kier molecular flexibility index (Phi) is 1.73. The first-order chi connectivity index (χ1) is 4.34. The molecule has 1 heteroatoms. The lowest BCUT2D eigenvalue weighted by atomic mass is 10.2. The molecule has 1 N–H and O–H groups in total. The van der Waals surface area contributed by atoms with Crippen LogP contribution in [0.25, 0.3) is 6.08 Å². The fourth-order valence-electron chi connectivity index (χ4n) is 0.813. The maximum absolute atomic E-state index is 3.03. The summed E-state index contributed by atoms with van der Waals surface area (Å²) in [5, 5.41) is 0. The van der Waals surface area contributed by atoms with Gasteiger partial charge in [0.2, 0.25) is 0 Å². The molecule has 48 valence electrons. The molecule has 0 spiro atoms. The lowest BCUT2D eigenvalue weighted by Gasteiger charge is -1.84. The van der Waals surface area contributed by atoms with E-state index in [4.69, 9.17) is 0 Å². The summed E-state index contributed by atoms with van der Waals surface area (Å²) in [7, 11) is 0. The van der Waals surface area contributed by atoms with Crippen molar-refractivity contribution in [3.63, 3.8) is 0 Å². The van der Waals surface area contributed by atoms with Crippen LogP contribution in [0.1, 0.15) is 18.1 Å². The highest BCUT2D eigenvalue weighted by Gasteiger charge is 1.89. The van der Waals surface area contributed by atoms with Gasteiger partial charge in [0.05, 0.1) is 0 Å². The number of nitrogens with one attached hydrogen (secondary N) is 1. The smallest absolute Gasteiger partial charge is 0.00807 e. The summed E-state index contributed by atoms with van der Waals surface area (Å²) in [4.78, 5) is 3.03. The van der Waals surface area contributed by atoms with Crippen LogP contribution in [0.15, 0.2) is 18.5 Å². The topological polar surface area (TPSA) is 15.8 Å². The van der Waals surface area contributed by atoms with Gasteiger partial charge in [0, 0.05) is 12.4 Å². The molecule has 1 rings (SSSR count). The summed E-state index contributed by atoms with van der Waals surface area (Å²) in [6.07, 6.45) is 8.12. The first-order valence-electron chi connectivity index (χ1n) is 3.10. The molecule has 0 saturated carbocycles. The number of hydrogen-bond donors (Lipinski definition) is 1. The highest BCUT2D eigenvalue weighted by atomic mass is 14.6. The van der Waals surface area contributed by atoms with E-state index in [-0.39, 0.29) is 0 Å². The van der Waals surface area contributed by atoms with Crippen LogP contribution in [0.2, 0.25) is 0 Å². The zero-order chi connectivity index (χ0) is 6.69. The van der Waals surface area contributed by atoms with Crippen LogP contribution in [-0.2, 0) is 0 Å². The predicted molar refractivity (Wildman–Crippen MR) is 40.2 cm³/mol. The SMILES string of the molecule is CC=Cc1c[nH]cc1C. The Morgan fingerprint density at radius 3 is 2.67 bits per heavy atom. The maximum Gasteiger partial charge on any atom is 0.00807 e. The lowest BCUT2D eigenvalue weighted by molar-refractivity contribution is 1.39. The van der Waals surface area contributed by atoms with Gasteiger partial charge < -0.3 is 4.98 Å². The third-order valence-electron chi connectivity index (χ3n) is 1.34. The standard InChI is InChI=1S/C8H11N/c1-3-4-8-6-9-5-7(8)2/h3-6,9H,1-2H3. The van der Waals surface area contributed by atoms with E-state index in [0.717, 1.165) is 0 Å². The molecule has 0 saturated heterocycles. The highest BCUT2D eigenvalue weighted by Crippen LogP contribution is 2.06. The molecule has 0 aliphatic carbocycles. The molecule has 1 heterocycles. The van der Waals surface area contributed by atoms with E-state index in [1.54, 1.807) is 0 Å². The van der Waals surface area contributed by atoms with Crippen molar-refractivity contribution in [2.45, 2.75) is 13.8 Å². The molecule has 0 amide bonds. The molecule has 0 aliphatic heterocycles. The molecular formula is C8H11N. The molecule has 0 aliphatic rings. The molecular weight excluding hydrogens is 110 g/mol. The van der Waals surface area contributed by atoms with Crippen LogP contribution in [0, 0.1) is 6.92 Å². The van der Waals surface area contributed by atoms with Crippen molar-refractivity contribution in [1.82, 2.24) is 4.98 Å². The molecule has 0 atom stereocenters. The van der Waals surface area contributed by atoms with Crippen molar-refractivity contribution < 1.29 is 0 Å². The summed E-state index contributed by atoms with van der Waals surface area (Å²) in [6.45, 7) is 4.11. The van der Waals surface area contributed by atoms with E-state index in [1.807, 2.05) is 25.4 Å². The lowest BCUT2D eigenvalue weighted by Crippen LogP contribution is -1.66. The molecule has 1 nitrogen and oxygen atoms in total. The second kappa shape index (κ2) is 2.53. The Morgan fingerprint density at radius 2 is 2.22 bits per heavy atom. The molecule has 0 unspecified atom stereocenters. The largest absolute Gasteiger partial charge is 0.367 e. The number of hydrogen-bond acceptors (Lipinski definition) is 0. The molecule has 0 fully saturated rings. The third kappa shape index (κ3) is 1.22. The Labute approximate surface area is 55.4 Å². The van der Waals surface area contributed by atoms with Crippen molar-refractivity contribution in [2.75, 3.05) is 0 Å². The van der Waals surface area contributed by atoms with Gasteiger partial charge in [-0.3, -0.25) is 0 Å². The van der Waals surface area contributed by atoms with Gasteiger partial charge in [0.25, 0.3) is 0 Å². The van der Waals surface area contributed by atoms with E-state index in [2.05, 4.69) is 18.0 Å². The number of aryl methyl sites for hydroxylation is 1. The second-order valence-corrected chi connectivity index (χ2v) is 2.09. The van der Waals surface area contributed by atoms with E-state index >= 15 is 0 Å². The number of aromatic nitrogens is 1. The van der Waals surface area contributed by atoms with Gasteiger partial charge >= 0.3 is 0 Å². The average Bonchev–Trinajstić information content (AvgIpc) is 2.18. The van der Waals surface area contributed by atoms with E-state index in [0.29, 0.717) is 0 Å². The summed E-state index contributed by atoms with van der Waals surface area (Å²) in [5.41, 5.74) is 2.57. The number of rotatable bonds is 1. The van der Waals surface area contributed by atoms with Gasteiger partial charge in [-0.1, -0.05) is 12.2 Å². The minimum absolute atomic E-state index is 1.28. The Morgan fingerprint density at radius 1 is 1.44 bits per heavy atom. The normalized spacial score (nSPS) is 10.9. The van der Waals surface area contributed by atoms with Gasteiger partial charge in [0.15, 0.2) is 0 Å². The molecule has 9 heavy (non-hydrogen) atoms. The number of H-pyrrole nitrogens is 1. The van der Waals surface area contributed by atoms with Crippen molar-refractivity contribution in [2.24, 2.45) is 0 Å². The first kappa shape index (κ1) is 6.14. The van der Waals surface area contributed by atoms with E-state index in [9.17, 15) is 0 Å². The average molecular weight is 121 g/mol. The van der Waals surface area contributed by atoms with Crippen LogP contribution in [0.3, 0.4) is 0 Å². The van der Waals surface area contributed by atoms with Crippen molar-refractivity contribution in [3.8, 4) is 0 Å². The summed E-state index contributed by atoms with van der Waals surface area (Å²) < 4.78 is 0. The predicted octanol–water partition coefficient (Wildman–Crippen LogP) is 2.36. The van der Waals surface area contributed by atoms with Gasteiger partial charge in [-0.15, -0.1) is 0 Å². The summed E-state index contributed by atoms with van der Waals surface area (Å²) in [6, 6.07) is 0. The van der Waals surface area contributed by atoms with Crippen molar-refractivity contribution in [1.29, 1.82) is 0 Å². The fraction of sp³-hybridized carbons (Fsp3) is 0.250. The van der Waals surface area contributed by atoms with Gasteiger partial charge in [-0.05, 0) is 25.0 Å². The number of allylic oxidation sites excluding steroid dienone is 1. The van der Waals surface area contributed by atoms with Crippen molar-refractivity contribution >= 4 is 6.08 Å². The van der Waals surface area contributed by atoms with E-state index < -0.39 is 0 Å². The van der Waals surface area contributed by atoms with Crippen LogP contribution in [-0.4, -0.2) is 4.98 Å². The highest BCUT2D eigenvalue weighted by molar-refractivity contribution is 5.51. The number of aromatic amines is 1. The third-order valence-corrected chi connectivity index (χ3v) is 1.34. The Hall–Kier alpha value is -0.980. The summed E-state index contributed by atoms with van der Waals surface area (Å²) >= 11 is 0. The van der Waals surface area contributed by atoms with Crippen LogP contribution >= 0.6 is 0 Å².